The second-order valence-electron chi connectivity index (χ2n) is 4.73. The number of benzene rings is 2. The Hall–Kier alpha value is -1.36. The van der Waals surface area contributed by atoms with Crippen molar-refractivity contribution >= 4 is 39.1 Å². The third kappa shape index (κ3) is 2.35. The minimum absolute atomic E-state index is 0.0759. The number of fused-ring (bicyclic) bond motifs is 1. The first-order valence-corrected chi connectivity index (χ1v) is 7.34. The predicted octanol–water partition coefficient (Wildman–Crippen LogP) is 3.65. The maximum Gasteiger partial charge on any atom is 0.248 e. The molecule has 1 aliphatic rings. The summed E-state index contributed by atoms with van der Waals surface area (Å²) < 4.78 is 0.924. The molecule has 0 saturated carbocycles. The lowest BCUT2D eigenvalue weighted by Crippen LogP contribution is -2.31. The van der Waals surface area contributed by atoms with Crippen LogP contribution in [0.1, 0.15) is 17.2 Å². The van der Waals surface area contributed by atoms with Crippen LogP contribution in [0.25, 0.3) is 0 Å². The van der Waals surface area contributed by atoms with Gasteiger partial charge in [-0.2, -0.15) is 0 Å². The van der Waals surface area contributed by atoms with Crippen LogP contribution in [0, 0.1) is 0 Å². The van der Waals surface area contributed by atoms with Crippen molar-refractivity contribution in [3.63, 3.8) is 0 Å². The maximum absolute atomic E-state index is 12.3. The molecule has 0 saturated heterocycles. The molecular formula is C15H12BrClN2O. The fourth-order valence-corrected chi connectivity index (χ4v) is 2.88. The van der Waals surface area contributed by atoms with Gasteiger partial charge in [0.1, 0.15) is 6.04 Å². The summed E-state index contributed by atoms with van der Waals surface area (Å²) in [5, 5.41) is 0.683. The molecule has 0 unspecified atom stereocenters. The zero-order chi connectivity index (χ0) is 14.3. The highest BCUT2D eigenvalue weighted by atomic mass is 79.9. The van der Waals surface area contributed by atoms with Crippen LogP contribution >= 0.6 is 27.5 Å². The summed E-state index contributed by atoms with van der Waals surface area (Å²) in [6.45, 7) is 0.498. The number of carbonyl (C=O) groups excluding carboxylic acids is 1. The minimum Gasteiger partial charge on any atom is -0.316 e. The van der Waals surface area contributed by atoms with E-state index in [1.54, 1.807) is 4.90 Å². The fraction of sp³-hybridized carbons (Fsp3) is 0.133. The number of nitrogens with zero attached hydrogens (tertiary/aromatic N) is 1. The van der Waals surface area contributed by atoms with E-state index >= 15 is 0 Å². The molecule has 5 heteroatoms. The van der Waals surface area contributed by atoms with Gasteiger partial charge < -0.3 is 10.6 Å². The second kappa shape index (κ2) is 5.20. The van der Waals surface area contributed by atoms with Crippen molar-refractivity contribution < 1.29 is 4.79 Å². The van der Waals surface area contributed by atoms with Gasteiger partial charge in [0.15, 0.2) is 0 Å². The smallest absolute Gasteiger partial charge is 0.248 e. The molecule has 0 spiro atoms. The molecule has 3 rings (SSSR count). The van der Waals surface area contributed by atoms with E-state index in [9.17, 15) is 4.79 Å². The highest BCUT2D eigenvalue weighted by Gasteiger charge is 2.34. The SMILES string of the molecule is N[C@@H]1C(=O)N(Cc2ccc(Cl)cc2)c2ccc(Br)cc21. The molecule has 102 valence electrons. The topological polar surface area (TPSA) is 46.3 Å². The molecule has 0 bridgehead atoms. The van der Waals surface area contributed by atoms with Gasteiger partial charge in [-0.05, 0) is 35.9 Å². The summed E-state index contributed by atoms with van der Waals surface area (Å²) in [6.07, 6.45) is 0. The van der Waals surface area contributed by atoms with Gasteiger partial charge in [0.05, 0.1) is 6.54 Å². The molecule has 2 N–H and O–H groups in total. The van der Waals surface area contributed by atoms with Gasteiger partial charge in [-0.15, -0.1) is 0 Å². The third-order valence-corrected chi connectivity index (χ3v) is 4.15. The molecule has 0 fully saturated rings. The van der Waals surface area contributed by atoms with Gasteiger partial charge in [-0.25, -0.2) is 0 Å². The van der Waals surface area contributed by atoms with E-state index in [-0.39, 0.29) is 5.91 Å². The van der Waals surface area contributed by atoms with E-state index in [2.05, 4.69) is 15.9 Å². The summed E-state index contributed by atoms with van der Waals surface area (Å²) >= 11 is 9.28. The predicted molar refractivity (Wildman–Crippen MR) is 83.7 cm³/mol. The minimum atomic E-state index is -0.588. The van der Waals surface area contributed by atoms with Crippen molar-refractivity contribution in [1.82, 2.24) is 0 Å². The Labute approximate surface area is 130 Å². The average Bonchev–Trinajstić information content (AvgIpc) is 2.66. The van der Waals surface area contributed by atoms with Gasteiger partial charge >= 0.3 is 0 Å². The number of nitrogens with two attached hydrogens (primary N) is 1. The Morgan fingerprint density at radius 3 is 2.60 bits per heavy atom. The van der Waals surface area contributed by atoms with Crippen LogP contribution in [0.5, 0.6) is 0 Å². The Balaban J connectivity index is 1.95. The summed E-state index contributed by atoms with van der Waals surface area (Å²) in [7, 11) is 0. The van der Waals surface area contributed by atoms with Crippen molar-refractivity contribution in [3.05, 3.63) is 63.1 Å². The molecule has 0 aromatic heterocycles. The number of anilines is 1. The van der Waals surface area contributed by atoms with Crippen LogP contribution < -0.4 is 10.6 Å². The lowest BCUT2D eigenvalue weighted by molar-refractivity contribution is -0.119. The van der Waals surface area contributed by atoms with Crippen molar-refractivity contribution in [3.8, 4) is 0 Å². The van der Waals surface area contributed by atoms with E-state index in [4.69, 9.17) is 17.3 Å². The largest absolute Gasteiger partial charge is 0.316 e. The second-order valence-corrected chi connectivity index (χ2v) is 6.08. The molecular weight excluding hydrogens is 340 g/mol. The number of halogens is 2. The monoisotopic (exact) mass is 350 g/mol. The number of hydrogen-bond acceptors (Lipinski definition) is 2. The standard InChI is InChI=1S/C15H12BrClN2O/c16-10-3-6-13-12(7-10)14(18)15(20)19(13)8-9-1-4-11(17)5-2-9/h1-7,14H,8,18H2/t14-/m0/s1. The zero-order valence-corrected chi connectivity index (χ0v) is 12.9. The van der Waals surface area contributed by atoms with E-state index in [0.717, 1.165) is 21.3 Å². The van der Waals surface area contributed by atoms with Crippen LogP contribution in [-0.4, -0.2) is 5.91 Å². The van der Waals surface area contributed by atoms with Crippen LogP contribution in [-0.2, 0) is 11.3 Å². The van der Waals surface area contributed by atoms with Crippen molar-refractivity contribution in [2.45, 2.75) is 12.6 Å². The molecule has 3 nitrogen and oxygen atoms in total. The van der Waals surface area contributed by atoms with Gasteiger partial charge in [0.25, 0.3) is 0 Å². The molecule has 1 amide bonds. The van der Waals surface area contributed by atoms with Gasteiger partial charge in [0.2, 0.25) is 5.91 Å². The summed E-state index contributed by atoms with van der Waals surface area (Å²) in [4.78, 5) is 14.0. The first-order valence-electron chi connectivity index (χ1n) is 6.17. The van der Waals surface area contributed by atoms with Crippen LogP contribution in [0.15, 0.2) is 46.9 Å². The number of rotatable bonds is 2. The van der Waals surface area contributed by atoms with Crippen LogP contribution in [0.2, 0.25) is 5.02 Å². The number of carbonyl (C=O) groups is 1. The first kappa shape index (κ1) is 13.6. The normalized spacial score (nSPS) is 17.4. The van der Waals surface area contributed by atoms with E-state index in [0.29, 0.717) is 11.6 Å². The molecule has 1 heterocycles. The number of amides is 1. The molecule has 0 radical (unpaired) electrons. The Morgan fingerprint density at radius 1 is 1.20 bits per heavy atom. The highest BCUT2D eigenvalue weighted by Crippen LogP contribution is 2.37. The van der Waals surface area contributed by atoms with Crippen LogP contribution in [0.4, 0.5) is 5.69 Å². The third-order valence-electron chi connectivity index (χ3n) is 3.40. The molecule has 1 aliphatic heterocycles. The van der Waals surface area contributed by atoms with Gasteiger partial charge in [-0.3, -0.25) is 4.79 Å². The quantitative estimate of drug-likeness (QED) is 0.897. The molecule has 2 aromatic rings. The van der Waals surface area contributed by atoms with E-state index < -0.39 is 6.04 Å². The van der Waals surface area contributed by atoms with Crippen molar-refractivity contribution in [1.29, 1.82) is 0 Å². The van der Waals surface area contributed by atoms with Gasteiger partial charge in [-0.1, -0.05) is 39.7 Å². The van der Waals surface area contributed by atoms with Gasteiger partial charge in [0, 0.05) is 20.7 Å². The average molecular weight is 352 g/mol. The molecule has 20 heavy (non-hydrogen) atoms. The number of hydrogen-bond donors (Lipinski definition) is 1. The molecule has 0 aliphatic carbocycles. The maximum atomic E-state index is 12.3. The summed E-state index contributed by atoms with van der Waals surface area (Å²) in [6, 6.07) is 12.6. The summed E-state index contributed by atoms with van der Waals surface area (Å²) in [5.74, 6) is -0.0759. The van der Waals surface area contributed by atoms with Crippen molar-refractivity contribution in [2.24, 2.45) is 5.73 Å². The zero-order valence-electron chi connectivity index (χ0n) is 10.5. The van der Waals surface area contributed by atoms with E-state index in [1.165, 1.54) is 0 Å². The Bertz CT molecular complexity index is 672. The highest BCUT2D eigenvalue weighted by molar-refractivity contribution is 9.10. The molecule has 1 atom stereocenters. The van der Waals surface area contributed by atoms with Crippen molar-refractivity contribution in [2.75, 3.05) is 4.90 Å². The Kier molecular flexibility index (Phi) is 3.54. The fourth-order valence-electron chi connectivity index (χ4n) is 2.38. The lowest BCUT2D eigenvalue weighted by Gasteiger charge is -2.17. The Morgan fingerprint density at radius 2 is 1.90 bits per heavy atom. The molecule has 2 aromatic carbocycles. The summed E-state index contributed by atoms with van der Waals surface area (Å²) in [5.41, 5.74) is 8.75. The van der Waals surface area contributed by atoms with E-state index in [1.807, 2.05) is 42.5 Å². The first-order chi connectivity index (χ1) is 9.56. The van der Waals surface area contributed by atoms with Crippen LogP contribution in [0.3, 0.4) is 0 Å². The lowest BCUT2D eigenvalue weighted by atomic mass is 10.1.